The van der Waals surface area contributed by atoms with Gasteiger partial charge in [-0.05, 0) is 41.0 Å². The van der Waals surface area contributed by atoms with E-state index in [9.17, 15) is 14.0 Å². The van der Waals surface area contributed by atoms with Crippen LogP contribution in [-0.4, -0.2) is 17.9 Å². The van der Waals surface area contributed by atoms with Gasteiger partial charge in [-0.25, -0.2) is 4.39 Å². The number of halogens is 4. The van der Waals surface area contributed by atoms with Gasteiger partial charge in [0.2, 0.25) is 11.8 Å². The molecule has 0 saturated heterocycles. The van der Waals surface area contributed by atoms with Crippen molar-refractivity contribution in [1.29, 1.82) is 0 Å². The number of hydrogen-bond donors (Lipinski definition) is 4. The van der Waals surface area contributed by atoms with Gasteiger partial charge in [0.1, 0.15) is 5.82 Å². The molecule has 1 aliphatic heterocycles. The Morgan fingerprint density at radius 1 is 1.06 bits per heavy atom. The second-order valence-corrected chi connectivity index (χ2v) is 8.33. The van der Waals surface area contributed by atoms with Crippen LogP contribution in [-0.2, 0) is 22.7 Å². The van der Waals surface area contributed by atoms with Crippen molar-refractivity contribution < 1.29 is 14.0 Å². The molecule has 6 nitrogen and oxygen atoms in total. The van der Waals surface area contributed by atoms with Gasteiger partial charge in [-0.1, -0.05) is 54.1 Å². The number of carbonyl (C=O) groups excluding carboxylic acids is 2. The van der Waals surface area contributed by atoms with Crippen molar-refractivity contribution in [3.8, 4) is 0 Å². The summed E-state index contributed by atoms with van der Waals surface area (Å²) in [5.74, 6) is -1.10. The Bertz CT molecular complexity index is 1190. The fourth-order valence-corrected chi connectivity index (χ4v) is 4.07. The smallest absolute Gasteiger partial charge is 0.242 e. The molecule has 2 amide bonds. The summed E-state index contributed by atoms with van der Waals surface area (Å²) in [4.78, 5) is 25.6. The first-order chi connectivity index (χ1) is 15.9. The minimum atomic E-state index is -0.816. The minimum Gasteiger partial charge on any atom is -0.352 e. The predicted molar refractivity (Wildman–Crippen MR) is 141 cm³/mol. The molecule has 0 unspecified atom stereocenters. The quantitative estimate of drug-likeness (QED) is 0.371. The first kappa shape index (κ1) is 28.6. The number of fused-ring (bicyclic) bond motifs is 1. The number of nitrogens with two attached hydrogens (primary N) is 1. The summed E-state index contributed by atoms with van der Waals surface area (Å²) in [6.45, 7) is 0.416. The summed E-state index contributed by atoms with van der Waals surface area (Å²) in [5, 5.41) is 9.43. The summed E-state index contributed by atoms with van der Waals surface area (Å²) < 4.78 is 13.9. The summed E-state index contributed by atoms with van der Waals surface area (Å²) in [6, 6.07) is 18.0. The third-order valence-corrected chi connectivity index (χ3v) is 5.85. The van der Waals surface area contributed by atoms with Crippen molar-refractivity contribution in [3.05, 3.63) is 99.8 Å². The van der Waals surface area contributed by atoms with E-state index in [2.05, 4.69) is 16.0 Å². The van der Waals surface area contributed by atoms with Crippen LogP contribution in [0.1, 0.15) is 34.7 Å². The molecule has 0 fully saturated rings. The molecule has 0 aliphatic carbocycles. The number of anilines is 1. The van der Waals surface area contributed by atoms with Crippen LogP contribution in [0.25, 0.3) is 0 Å². The maximum absolute atomic E-state index is 13.9. The molecule has 35 heavy (non-hydrogen) atoms. The average Bonchev–Trinajstić information content (AvgIpc) is 2.95. The summed E-state index contributed by atoms with van der Waals surface area (Å²) in [6.07, 6.45) is -0.116. The highest BCUT2D eigenvalue weighted by atomic mass is 35.5. The maximum Gasteiger partial charge on any atom is 0.242 e. The molecular formula is C25H26Cl3FN4O2. The molecule has 0 saturated carbocycles. The molecule has 3 aromatic carbocycles. The fraction of sp³-hybridized carbons (Fsp3) is 0.200. The molecule has 1 aliphatic rings. The Morgan fingerprint density at radius 2 is 1.83 bits per heavy atom. The van der Waals surface area contributed by atoms with Gasteiger partial charge in [0, 0.05) is 29.4 Å². The molecule has 5 N–H and O–H groups in total. The van der Waals surface area contributed by atoms with Crippen LogP contribution < -0.4 is 21.7 Å². The number of rotatable bonds is 6. The van der Waals surface area contributed by atoms with Gasteiger partial charge in [-0.15, -0.1) is 24.8 Å². The van der Waals surface area contributed by atoms with Crippen molar-refractivity contribution in [1.82, 2.24) is 10.6 Å². The topological polar surface area (TPSA) is 96.2 Å². The van der Waals surface area contributed by atoms with E-state index < -0.39 is 17.9 Å². The molecule has 0 radical (unpaired) electrons. The van der Waals surface area contributed by atoms with Crippen molar-refractivity contribution in [2.24, 2.45) is 5.73 Å². The highest BCUT2D eigenvalue weighted by molar-refractivity contribution is 6.30. The van der Waals surface area contributed by atoms with E-state index in [1.54, 1.807) is 36.4 Å². The lowest BCUT2D eigenvalue weighted by molar-refractivity contribution is -0.126. The van der Waals surface area contributed by atoms with E-state index in [1.165, 1.54) is 6.07 Å². The molecule has 186 valence electrons. The summed E-state index contributed by atoms with van der Waals surface area (Å²) in [7, 11) is 0. The molecule has 2 atom stereocenters. The highest BCUT2D eigenvalue weighted by Gasteiger charge is 2.32. The first-order valence-corrected chi connectivity index (χ1v) is 11.0. The molecular weight excluding hydrogens is 514 g/mol. The number of amides is 2. The van der Waals surface area contributed by atoms with Crippen molar-refractivity contribution in [2.75, 3.05) is 5.32 Å². The van der Waals surface area contributed by atoms with Gasteiger partial charge < -0.3 is 16.4 Å². The first-order valence-electron chi connectivity index (χ1n) is 10.6. The maximum atomic E-state index is 13.9. The molecule has 1 heterocycles. The highest BCUT2D eigenvalue weighted by Crippen LogP contribution is 2.34. The van der Waals surface area contributed by atoms with E-state index in [1.807, 2.05) is 24.3 Å². The van der Waals surface area contributed by atoms with E-state index in [0.717, 1.165) is 16.7 Å². The molecule has 3 aromatic rings. The zero-order chi connectivity index (χ0) is 23.4. The Morgan fingerprint density at radius 3 is 2.57 bits per heavy atom. The summed E-state index contributed by atoms with van der Waals surface area (Å²) in [5.41, 5.74) is 9.45. The van der Waals surface area contributed by atoms with E-state index in [-0.39, 0.29) is 49.6 Å². The van der Waals surface area contributed by atoms with Gasteiger partial charge in [0.15, 0.2) is 0 Å². The number of benzene rings is 3. The van der Waals surface area contributed by atoms with Gasteiger partial charge in [-0.3, -0.25) is 14.9 Å². The third-order valence-electron chi connectivity index (χ3n) is 5.61. The van der Waals surface area contributed by atoms with Crippen LogP contribution in [0.3, 0.4) is 0 Å². The van der Waals surface area contributed by atoms with E-state index in [4.69, 9.17) is 17.3 Å². The SMILES string of the molecule is Cl.Cl.NCc1cccc([C@@H]2N[C@@H](CC(=O)NCc3ccccc3F)C(=O)Nc3ccc(Cl)cc32)c1. The van der Waals surface area contributed by atoms with Gasteiger partial charge >= 0.3 is 0 Å². The molecule has 0 bridgehead atoms. The van der Waals surface area contributed by atoms with Crippen LogP contribution in [0, 0.1) is 5.82 Å². The van der Waals surface area contributed by atoms with Crippen molar-refractivity contribution in [2.45, 2.75) is 31.6 Å². The van der Waals surface area contributed by atoms with E-state index >= 15 is 0 Å². The normalized spacial score (nSPS) is 16.6. The lowest BCUT2D eigenvalue weighted by Gasteiger charge is -2.23. The fourth-order valence-electron chi connectivity index (χ4n) is 3.89. The van der Waals surface area contributed by atoms with Gasteiger partial charge in [0.05, 0.1) is 18.5 Å². The van der Waals surface area contributed by atoms with Gasteiger partial charge in [-0.2, -0.15) is 0 Å². The predicted octanol–water partition coefficient (Wildman–Crippen LogP) is 4.49. The van der Waals surface area contributed by atoms with Crippen molar-refractivity contribution >= 4 is 53.9 Å². The number of hydrogen-bond acceptors (Lipinski definition) is 4. The average molecular weight is 540 g/mol. The number of carbonyl (C=O) groups is 2. The zero-order valence-corrected chi connectivity index (χ0v) is 21.0. The third kappa shape index (κ3) is 6.93. The van der Waals surface area contributed by atoms with Crippen LogP contribution in [0.4, 0.5) is 10.1 Å². The Kier molecular flexibility index (Phi) is 10.5. The Labute approximate surface area is 220 Å². The van der Waals surface area contributed by atoms with Crippen molar-refractivity contribution in [3.63, 3.8) is 0 Å². The Balaban J connectivity index is 0.00000216. The Hall–Kier alpha value is -2.68. The zero-order valence-electron chi connectivity index (χ0n) is 18.6. The minimum absolute atomic E-state index is 0. The van der Waals surface area contributed by atoms with Crippen LogP contribution in [0.5, 0.6) is 0 Å². The van der Waals surface area contributed by atoms with Crippen LogP contribution in [0.2, 0.25) is 5.02 Å². The van der Waals surface area contributed by atoms with Gasteiger partial charge in [0.25, 0.3) is 0 Å². The van der Waals surface area contributed by atoms with Crippen LogP contribution >= 0.6 is 36.4 Å². The standard InChI is InChI=1S/C25H24ClFN4O2.2ClH/c26-18-8-9-21-19(11-18)24(16-6-3-4-15(10-16)13-28)30-22(25(33)31-21)12-23(32)29-14-17-5-1-2-7-20(17)27;;/h1-11,22,24,30H,12-14,28H2,(H,29,32)(H,31,33);2*1H/t22-,24-;;/m0../s1. The lowest BCUT2D eigenvalue weighted by atomic mass is 9.95. The monoisotopic (exact) mass is 538 g/mol. The lowest BCUT2D eigenvalue weighted by Crippen LogP contribution is -2.43. The largest absolute Gasteiger partial charge is 0.352 e. The molecule has 0 aromatic heterocycles. The molecule has 0 spiro atoms. The second kappa shape index (κ2) is 12.9. The van der Waals surface area contributed by atoms with Crippen LogP contribution in [0.15, 0.2) is 66.7 Å². The second-order valence-electron chi connectivity index (χ2n) is 7.89. The number of nitrogens with one attached hydrogen (secondary N) is 3. The molecule has 4 rings (SSSR count). The van der Waals surface area contributed by atoms with E-state index in [0.29, 0.717) is 22.8 Å². The summed E-state index contributed by atoms with van der Waals surface area (Å²) >= 11 is 6.26. The molecule has 10 heteroatoms.